The van der Waals surface area contributed by atoms with Crippen molar-refractivity contribution in [3.05, 3.63) is 18.2 Å². The Bertz CT molecular complexity index is 372. The van der Waals surface area contributed by atoms with Crippen molar-refractivity contribution in [1.82, 2.24) is 19.8 Å². The van der Waals surface area contributed by atoms with Gasteiger partial charge in [-0.05, 0) is 31.8 Å². The molecule has 2 rings (SSSR count). The van der Waals surface area contributed by atoms with Gasteiger partial charge in [0.2, 0.25) is 0 Å². The zero-order valence-corrected chi connectivity index (χ0v) is 12.6. The van der Waals surface area contributed by atoms with E-state index in [1.165, 1.54) is 31.8 Å². The first-order chi connectivity index (χ1) is 9.15. The molecule has 4 nitrogen and oxygen atoms in total. The summed E-state index contributed by atoms with van der Waals surface area (Å²) in [5, 5.41) is 3.68. The van der Waals surface area contributed by atoms with Crippen molar-refractivity contribution in [2.75, 3.05) is 26.2 Å². The minimum atomic E-state index is 0.656. The number of aromatic nitrogens is 2. The fourth-order valence-corrected chi connectivity index (χ4v) is 2.90. The summed E-state index contributed by atoms with van der Waals surface area (Å²) in [7, 11) is 2.08. The molecule has 108 valence electrons. The average molecular weight is 264 g/mol. The van der Waals surface area contributed by atoms with Gasteiger partial charge in [-0.25, -0.2) is 4.98 Å². The number of rotatable bonds is 5. The van der Waals surface area contributed by atoms with E-state index < -0.39 is 0 Å². The lowest BCUT2D eigenvalue weighted by Gasteiger charge is -2.25. The van der Waals surface area contributed by atoms with Gasteiger partial charge in [-0.1, -0.05) is 13.8 Å². The fraction of sp³-hybridized carbons (Fsp3) is 0.800. The predicted molar refractivity (Wildman–Crippen MR) is 79.2 cm³/mol. The van der Waals surface area contributed by atoms with Crippen LogP contribution in [-0.4, -0.2) is 46.7 Å². The highest BCUT2D eigenvalue weighted by Gasteiger charge is 2.18. The van der Waals surface area contributed by atoms with Gasteiger partial charge in [-0.2, -0.15) is 0 Å². The molecule has 0 aliphatic carbocycles. The number of hydrogen-bond donors (Lipinski definition) is 1. The molecular formula is C15H28N4. The topological polar surface area (TPSA) is 33.1 Å². The van der Waals surface area contributed by atoms with E-state index in [-0.39, 0.29) is 0 Å². The average Bonchev–Trinajstić information content (AvgIpc) is 2.62. The van der Waals surface area contributed by atoms with Gasteiger partial charge in [0.25, 0.3) is 0 Å². The van der Waals surface area contributed by atoms with Gasteiger partial charge in [0.05, 0.1) is 0 Å². The summed E-state index contributed by atoms with van der Waals surface area (Å²) in [5.41, 5.74) is 0. The van der Waals surface area contributed by atoms with Gasteiger partial charge in [-0.3, -0.25) is 0 Å². The van der Waals surface area contributed by atoms with Crippen molar-refractivity contribution >= 4 is 0 Å². The molecule has 0 amide bonds. The Morgan fingerprint density at radius 3 is 3.00 bits per heavy atom. The molecule has 19 heavy (non-hydrogen) atoms. The molecule has 1 aromatic heterocycles. The molecule has 1 aliphatic rings. The molecule has 0 spiro atoms. The van der Waals surface area contributed by atoms with Crippen LogP contribution in [0.15, 0.2) is 12.4 Å². The minimum Gasteiger partial charge on any atom is -0.338 e. The Hall–Kier alpha value is -0.870. The molecule has 2 heterocycles. The van der Waals surface area contributed by atoms with Crippen molar-refractivity contribution in [3.8, 4) is 0 Å². The van der Waals surface area contributed by atoms with E-state index in [0.29, 0.717) is 6.04 Å². The summed E-state index contributed by atoms with van der Waals surface area (Å²) in [4.78, 5) is 7.01. The van der Waals surface area contributed by atoms with Crippen molar-refractivity contribution < 1.29 is 0 Å². The van der Waals surface area contributed by atoms with E-state index in [2.05, 4.69) is 40.7 Å². The van der Waals surface area contributed by atoms with Crippen molar-refractivity contribution in [2.45, 2.75) is 39.2 Å². The first-order valence-electron chi connectivity index (χ1n) is 7.57. The summed E-state index contributed by atoms with van der Waals surface area (Å²) in [6.45, 7) is 9.31. The van der Waals surface area contributed by atoms with Gasteiger partial charge in [0, 0.05) is 45.0 Å². The minimum absolute atomic E-state index is 0.656. The maximum Gasteiger partial charge on any atom is 0.109 e. The maximum absolute atomic E-state index is 4.41. The largest absolute Gasteiger partial charge is 0.338 e. The quantitative estimate of drug-likeness (QED) is 0.878. The highest BCUT2D eigenvalue weighted by atomic mass is 15.2. The van der Waals surface area contributed by atoms with Crippen LogP contribution in [0.3, 0.4) is 0 Å². The summed E-state index contributed by atoms with van der Waals surface area (Å²) in [6.07, 6.45) is 7.51. The van der Waals surface area contributed by atoms with Crippen LogP contribution in [0.1, 0.15) is 32.5 Å². The number of nitrogens with one attached hydrogen (secondary N) is 1. The number of nitrogens with zero attached hydrogens (tertiary/aromatic N) is 3. The molecular weight excluding hydrogens is 236 g/mol. The van der Waals surface area contributed by atoms with Gasteiger partial charge in [0.1, 0.15) is 5.82 Å². The number of aryl methyl sites for hydroxylation is 1. The lowest BCUT2D eigenvalue weighted by atomic mass is 10.0. The van der Waals surface area contributed by atoms with Crippen molar-refractivity contribution in [1.29, 1.82) is 0 Å². The van der Waals surface area contributed by atoms with Crippen molar-refractivity contribution in [3.63, 3.8) is 0 Å². The van der Waals surface area contributed by atoms with E-state index >= 15 is 0 Å². The van der Waals surface area contributed by atoms with Crippen LogP contribution in [0.5, 0.6) is 0 Å². The van der Waals surface area contributed by atoms with E-state index in [9.17, 15) is 0 Å². The van der Waals surface area contributed by atoms with Crippen molar-refractivity contribution in [2.24, 2.45) is 13.0 Å². The van der Waals surface area contributed by atoms with Gasteiger partial charge in [0.15, 0.2) is 0 Å². The molecule has 0 aromatic carbocycles. The highest BCUT2D eigenvalue weighted by Crippen LogP contribution is 2.10. The third-order valence-corrected chi connectivity index (χ3v) is 3.89. The van der Waals surface area contributed by atoms with Crippen LogP contribution in [0.25, 0.3) is 0 Å². The van der Waals surface area contributed by atoms with Gasteiger partial charge in [-0.15, -0.1) is 0 Å². The molecule has 4 heteroatoms. The Balaban J connectivity index is 1.83. The lowest BCUT2D eigenvalue weighted by molar-refractivity contribution is 0.256. The molecule has 0 radical (unpaired) electrons. The molecule has 0 bridgehead atoms. The second-order valence-electron chi connectivity index (χ2n) is 6.14. The Labute approximate surface area is 117 Å². The zero-order valence-electron chi connectivity index (χ0n) is 12.6. The Kier molecular flexibility index (Phi) is 5.40. The zero-order chi connectivity index (χ0) is 13.7. The number of hydrogen-bond acceptors (Lipinski definition) is 3. The van der Waals surface area contributed by atoms with Gasteiger partial charge >= 0.3 is 0 Å². The second kappa shape index (κ2) is 7.06. The van der Waals surface area contributed by atoms with E-state index in [4.69, 9.17) is 0 Å². The summed E-state index contributed by atoms with van der Waals surface area (Å²) < 4.78 is 2.13. The molecule has 1 aliphatic heterocycles. The standard InChI is InChI=1S/C15H28N4/c1-13(2)11-14-12-19(8-4-6-16-14)9-5-15-17-7-10-18(15)3/h7,10,13-14,16H,4-6,8-9,11-12H2,1-3H3. The Morgan fingerprint density at radius 1 is 1.47 bits per heavy atom. The van der Waals surface area contributed by atoms with E-state index in [1.807, 2.05) is 12.4 Å². The van der Waals surface area contributed by atoms with Crippen LogP contribution in [-0.2, 0) is 13.5 Å². The molecule has 1 N–H and O–H groups in total. The number of imidazole rings is 1. The summed E-state index contributed by atoms with van der Waals surface area (Å²) in [5.74, 6) is 1.96. The van der Waals surface area contributed by atoms with E-state index in [1.54, 1.807) is 0 Å². The van der Waals surface area contributed by atoms with Crippen LogP contribution in [0.2, 0.25) is 0 Å². The lowest BCUT2D eigenvalue weighted by Crippen LogP contribution is -2.39. The third-order valence-electron chi connectivity index (χ3n) is 3.89. The van der Waals surface area contributed by atoms with Gasteiger partial charge < -0.3 is 14.8 Å². The van der Waals surface area contributed by atoms with Crippen LogP contribution >= 0.6 is 0 Å². The normalized spacial score (nSPS) is 21.8. The van der Waals surface area contributed by atoms with Crippen LogP contribution < -0.4 is 5.32 Å². The molecule has 0 saturated carbocycles. The van der Waals surface area contributed by atoms with Crippen LogP contribution in [0.4, 0.5) is 0 Å². The highest BCUT2D eigenvalue weighted by molar-refractivity contribution is 4.92. The monoisotopic (exact) mass is 264 g/mol. The molecule has 1 unspecified atom stereocenters. The summed E-state index contributed by atoms with van der Waals surface area (Å²) in [6, 6.07) is 0.656. The fourth-order valence-electron chi connectivity index (χ4n) is 2.90. The second-order valence-corrected chi connectivity index (χ2v) is 6.14. The SMILES string of the molecule is CC(C)CC1CN(CCc2nccn2C)CCCN1. The smallest absolute Gasteiger partial charge is 0.109 e. The molecule has 1 fully saturated rings. The first kappa shape index (κ1) is 14.5. The molecule has 1 atom stereocenters. The third kappa shape index (κ3) is 4.62. The maximum atomic E-state index is 4.41. The Morgan fingerprint density at radius 2 is 2.32 bits per heavy atom. The molecule has 1 aromatic rings. The predicted octanol–water partition coefficient (Wildman–Crippen LogP) is 1.67. The first-order valence-corrected chi connectivity index (χ1v) is 7.57. The summed E-state index contributed by atoms with van der Waals surface area (Å²) >= 11 is 0. The molecule has 1 saturated heterocycles. The van der Waals surface area contributed by atoms with Crippen LogP contribution in [0, 0.1) is 5.92 Å². The van der Waals surface area contributed by atoms with E-state index in [0.717, 1.165) is 25.4 Å².